The van der Waals surface area contributed by atoms with Gasteiger partial charge in [0.05, 0.1) is 11.8 Å². The normalized spacial score (nSPS) is 13.3. The summed E-state index contributed by atoms with van der Waals surface area (Å²) in [6.45, 7) is 5.49. The van der Waals surface area contributed by atoms with E-state index in [4.69, 9.17) is 0 Å². The summed E-state index contributed by atoms with van der Waals surface area (Å²) in [7, 11) is -1.77. The number of rotatable bonds is 13. The Balaban J connectivity index is 2.24. The van der Waals surface area contributed by atoms with Crippen LogP contribution in [0.3, 0.4) is 0 Å². The van der Waals surface area contributed by atoms with Crippen molar-refractivity contribution in [2.45, 2.75) is 51.8 Å². The van der Waals surface area contributed by atoms with E-state index in [1.54, 1.807) is 38.4 Å². The van der Waals surface area contributed by atoms with Crippen molar-refractivity contribution in [3.05, 3.63) is 93.2 Å². The second-order valence-corrected chi connectivity index (χ2v) is 13.2. The van der Waals surface area contributed by atoms with Gasteiger partial charge in [-0.25, -0.2) is 12.8 Å². The summed E-state index contributed by atoms with van der Waals surface area (Å²) in [4.78, 5) is 26.4. The van der Waals surface area contributed by atoms with Gasteiger partial charge in [0.2, 0.25) is 0 Å². The molecule has 2 atom stereocenters. The first kappa shape index (κ1) is 30.7. The monoisotopic (exact) mass is 574 g/mol. The van der Waals surface area contributed by atoms with Gasteiger partial charge in [-0.1, -0.05) is 39.3 Å². The standard InChI is InChI=1S/C29H35FN2O5S2/c1-5-8-15-38(35)31-27(6-2)25-17-28(33)32(4)18-26(25)24-16-20(19-39(36,37)7-3)9-14-23(24)29(34)21-10-12-22(30)13-11-21/h9-14,16-18,27,31H,5-8,15,19H2,1-4H3/t27-,38?/m0/s1. The zero-order chi connectivity index (χ0) is 28.7. The molecule has 3 rings (SSSR count). The lowest BCUT2D eigenvalue weighted by Crippen LogP contribution is -2.32. The number of aromatic nitrogens is 1. The van der Waals surface area contributed by atoms with Gasteiger partial charge in [0.1, 0.15) is 11.6 Å². The number of benzene rings is 2. The van der Waals surface area contributed by atoms with E-state index in [1.165, 1.54) is 34.9 Å². The molecule has 1 aromatic heterocycles. The fourth-order valence-electron chi connectivity index (χ4n) is 4.23. The number of halogens is 1. The fraction of sp³-hybridized carbons (Fsp3) is 0.379. The van der Waals surface area contributed by atoms with Crippen molar-refractivity contribution < 1.29 is 22.2 Å². The number of hydrogen-bond acceptors (Lipinski definition) is 6. The lowest BCUT2D eigenvalue weighted by Gasteiger charge is -2.23. The number of pyridine rings is 1. The predicted molar refractivity (Wildman–Crippen MR) is 154 cm³/mol. The van der Waals surface area contributed by atoms with Crippen LogP contribution in [0.5, 0.6) is 0 Å². The highest BCUT2D eigenvalue weighted by atomic mass is 32.2. The van der Waals surface area contributed by atoms with Crippen molar-refractivity contribution in [3.8, 4) is 11.1 Å². The molecule has 2 aromatic carbocycles. The van der Waals surface area contributed by atoms with Crippen LogP contribution in [0.2, 0.25) is 0 Å². The van der Waals surface area contributed by atoms with E-state index < -0.39 is 33.1 Å². The molecule has 0 spiro atoms. The maximum Gasteiger partial charge on any atom is 0.250 e. The van der Waals surface area contributed by atoms with E-state index in [2.05, 4.69) is 4.72 Å². The molecule has 10 heteroatoms. The van der Waals surface area contributed by atoms with Gasteiger partial charge in [0.15, 0.2) is 15.6 Å². The van der Waals surface area contributed by atoms with Gasteiger partial charge in [-0.05, 0) is 59.9 Å². The van der Waals surface area contributed by atoms with Crippen LogP contribution >= 0.6 is 0 Å². The molecule has 0 saturated heterocycles. The van der Waals surface area contributed by atoms with E-state index >= 15 is 0 Å². The first-order chi connectivity index (χ1) is 18.5. The molecule has 0 aliphatic rings. The third kappa shape index (κ3) is 7.88. The largest absolute Gasteiger partial charge is 0.598 e. The molecule has 0 saturated carbocycles. The van der Waals surface area contributed by atoms with Crippen LogP contribution in [0.1, 0.15) is 73.1 Å². The molecule has 1 unspecified atom stereocenters. The first-order valence-electron chi connectivity index (χ1n) is 13.0. The molecule has 7 nitrogen and oxygen atoms in total. The van der Waals surface area contributed by atoms with Crippen molar-refractivity contribution in [3.63, 3.8) is 0 Å². The highest BCUT2D eigenvalue weighted by Gasteiger charge is 2.25. The van der Waals surface area contributed by atoms with Crippen molar-refractivity contribution >= 4 is 27.0 Å². The first-order valence-corrected chi connectivity index (χ1v) is 16.1. The van der Waals surface area contributed by atoms with Crippen LogP contribution in [0.4, 0.5) is 4.39 Å². The van der Waals surface area contributed by atoms with Gasteiger partial charge < -0.3 is 9.12 Å². The summed E-state index contributed by atoms with van der Waals surface area (Å²) >= 11 is -1.33. The third-order valence-electron chi connectivity index (χ3n) is 6.55. The predicted octanol–water partition coefficient (Wildman–Crippen LogP) is 4.86. The highest BCUT2D eigenvalue weighted by Crippen LogP contribution is 2.34. The number of hydrogen-bond donors (Lipinski definition) is 1. The molecule has 1 heterocycles. The average molecular weight is 575 g/mol. The molecule has 0 amide bonds. The maximum atomic E-state index is 13.6. The Morgan fingerprint density at radius 2 is 1.77 bits per heavy atom. The van der Waals surface area contributed by atoms with Gasteiger partial charge >= 0.3 is 0 Å². The lowest BCUT2D eigenvalue weighted by atomic mass is 9.89. The number of ketones is 1. The van der Waals surface area contributed by atoms with Crippen LogP contribution in [-0.4, -0.2) is 34.8 Å². The Morgan fingerprint density at radius 3 is 2.38 bits per heavy atom. The SMILES string of the molecule is CCCC[S+]([O-])N[C@@H](CC)c1cc(=O)n(C)cc1-c1cc(CS(=O)(=O)CC)ccc1C(=O)c1ccc(F)cc1. The molecule has 39 heavy (non-hydrogen) atoms. The van der Waals surface area contributed by atoms with Crippen LogP contribution in [0.25, 0.3) is 11.1 Å². The average Bonchev–Trinajstić information content (AvgIpc) is 2.91. The molecule has 0 aliphatic heterocycles. The smallest absolute Gasteiger partial charge is 0.250 e. The Morgan fingerprint density at radius 1 is 1.08 bits per heavy atom. The molecule has 0 fully saturated rings. The zero-order valence-corrected chi connectivity index (χ0v) is 24.3. The van der Waals surface area contributed by atoms with Crippen molar-refractivity contribution in [1.82, 2.24) is 9.29 Å². The molecule has 210 valence electrons. The van der Waals surface area contributed by atoms with Gasteiger partial charge in [0, 0.05) is 53.1 Å². The summed E-state index contributed by atoms with van der Waals surface area (Å²) in [6, 6.07) is 11.0. The van der Waals surface area contributed by atoms with Gasteiger partial charge in [0.25, 0.3) is 5.56 Å². The van der Waals surface area contributed by atoms with E-state index in [0.717, 1.165) is 12.8 Å². The van der Waals surface area contributed by atoms with Crippen LogP contribution < -0.4 is 10.3 Å². The van der Waals surface area contributed by atoms with Crippen molar-refractivity contribution in [2.24, 2.45) is 7.05 Å². The fourth-order valence-corrected chi connectivity index (χ4v) is 6.40. The summed E-state index contributed by atoms with van der Waals surface area (Å²) in [6.07, 6.45) is 3.81. The van der Waals surface area contributed by atoms with Crippen LogP contribution in [0, 0.1) is 5.82 Å². The van der Waals surface area contributed by atoms with Crippen LogP contribution in [-0.2, 0) is 34.0 Å². The van der Waals surface area contributed by atoms with Crippen molar-refractivity contribution in [1.29, 1.82) is 0 Å². The molecule has 1 N–H and O–H groups in total. The van der Waals surface area contributed by atoms with E-state index in [-0.39, 0.29) is 34.0 Å². The highest BCUT2D eigenvalue weighted by molar-refractivity contribution is 7.90. The number of nitrogens with one attached hydrogen (secondary N) is 1. The summed E-state index contributed by atoms with van der Waals surface area (Å²) in [5.41, 5.74) is 2.32. The topological polar surface area (TPSA) is 108 Å². The van der Waals surface area contributed by atoms with Crippen LogP contribution in [0.15, 0.2) is 59.5 Å². The third-order valence-corrected chi connectivity index (χ3v) is 9.41. The molecule has 0 aliphatic carbocycles. The van der Waals surface area contributed by atoms with E-state index in [1.807, 2.05) is 13.8 Å². The molecule has 3 aromatic rings. The number of carbonyl (C=O) groups excluding carboxylic acids is 1. The maximum absolute atomic E-state index is 13.6. The van der Waals surface area contributed by atoms with Gasteiger partial charge in [-0.15, -0.1) is 4.72 Å². The second kappa shape index (κ2) is 13.5. The Hall–Kier alpha value is -2.79. The van der Waals surface area contributed by atoms with E-state index in [9.17, 15) is 27.0 Å². The molecular weight excluding hydrogens is 539 g/mol. The molecular formula is C29H35FN2O5S2. The van der Waals surface area contributed by atoms with Gasteiger partial charge in [-0.3, -0.25) is 9.59 Å². The summed E-state index contributed by atoms with van der Waals surface area (Å²) < 4.78 is 55.7. The number of unbranched alkanes of at least 4 members (excludes halogenated alkanes) is 1. The minimum Gasteiger partial charge on any atom is -0.598 e. The zero-order valence-electron chi connectivity index (χ0n) is 22.7. The lowest BCUT2D eigenvalue weighted by molar-refractivity contribution is 0.103. The quantitative estimate of drug-likeness (QED) is 0.231. The Labute approximate surface area is 232 Å². The molecule has 0 radical (unpaired) electrons. The Bertz CT molecular complexity index is 1470. The number of nitrogens with zero attached hydrogens (tertiary/aromatic N) is 1. The number of sulfone groups is 1. The second-order valence-electron chi connectivity index (χ2n) is 9.47. The summed E-state index contributed by atoms with van der Waals surface area (Å²) in [5.74, 6) is -0.623. The minimum atomic E-state index is -3.37. The number of carbonyl (C=O) groups is 1. The van der Waals surface area contributed by atoms with Gasteiger partial charge in [-0.2, -0.15) is 0 Å². The number of aryl methyl sites for hydroxylation is 1. The molecule has 0 bridgehead atoms. The minimum absolute atomic E-state index is 0.0327. The van der Waals surface area contributed by atoms with Crippen molar-refractivity contribution in [2.75, 3.05) is 11.5 Å². The summed E-state index contributed by atoms with van der Waals surface area (Å²) in [5, 5.41) is 0. The Kier molecular flexibility index (Phi) is 10.7. The van der Waals surface area contributed by atoms with E-state index in [0.29, 0.717) is 34.4 Å².